The van der Waals surface area contributed by atoms with Gasteiger partial charge in [-0.3, -0.25) is 9.59 Å². The molecule has 8 atom stereocenters. The monoisotopic (exact) mass is 944 g/mol. The first-order valence-electron chi connectivity index (χ1n) is 25.4. The van der Waals surface area contributed by atoms with E-state index in [1.807, 2.05) is 37.5 Å². The fourth-order valence-electron chi connectivity index (χ4n) is 12.8. The van der Waals surface area contributed by atoms with Crippen LogP contribution in [0.2, 0.25) is 0 Å². The van der Waals surface area contributed by atoms with Crippen LogP contribution < -0.4 is 10.6 Å². The number of benzene rings is 4. The number of aromatic nitrogens is 4. The number of nitrogens with one attached hydrogen (secondary N) is 4. The molecule has 6 aromatic rings. The molecule has 14 nitrogen and oxygen atoms in total. The van der Waals surface area contributed by atoms with Gasteiger partial charge < -0.3 is 39.9 Å². The van der Waals surface area contributed by atoms with Crippen molar-refractivity contribution in [3.63, 3.8) is 0 Å². The van der Waals surface area contributed by atoms with Crippen LogP contribution in [-0.2, 0) is 44.7 Å². The van der Waals surface area contributed by atoms with Crippen molar-refractivity contribution in [2.45, 2.75) is 128 Å². The number of alkyl carbamates (subject to hydrolysis) is 2. The molecule has 4 amide bonds. The van der Waals surface area contributed by atoms with Gasteiger partial charge in [0.15, 0.2) is 0 Å². The van der Waals surface area contributed by atoms with Crippen LogP contribution in [0, 0.1) is 23.7 Å². The zero-order chi connectivity index (χ0) is 48.5. The van der Waals surface area contributed by atoms with Crippen LogP contribution in [-0.4, -0.2) is 92.1 Å². The van der Waals surface area contributed by atoms with E-state index in [1.165, 1.54) is 47.6 Å². The molecule has 8 aliphatic rings. The van der Waals surface area contributed by atoms with E-state index in [0.29, 0.717) is 11.8 Å². The number of carbonyl (C=O) groups excluding carboxylic acids is 4. The molecule has 2 saturated heterocycles. The third-order valence-corrected chi connectivity index (χ3v) is 16.4. The number of imidazole rings is 2. The highest BCUT2D eigenvalue weighted by Crippen LogP contribution is 2.52. The summed E-state index contributed by atoms with van der Waals surface area (Å²) in [5.41, 5.74) is 13.5. The number of carbonyl (C=O) groups is 4. The number of amides is 4. The van der Waals surface area contributed by atoms with Gasteiger partial charge in [0.05, 0.1) is 48.4 Å². The van der Waals surface area contributed by atoms with Gasteiger partial charge in [0.2, 0.25) is 11.8 Å². The van der Waals surface area contributed by atoms with Gasteiger partial charge in [0, 0.05) is 12.1 Å². The van der Waals surface area contributed by atoms with E-state index in [9.17, 15) is 19.2 Å². The summed E-state index contributed by atoms with van der Waals surface area (Å²) in [5, 5.41) is 5.60. The fraction of sp³-hybridized carbons (Fsp3) is 0.464. The summed E-state index contributed by atoms with van der Waals surface area (Å²) in [7, 11) is 2.64. The van der Waals surface area contributed by atoms with E-state index < -0.39 is 24.3 Å². The molecule has 6 aliphatic carbocycles. The molecule has 2 saturated carbocycles. The van der Waals surface area contributed by atoms with Crippen molar-refractivity contribution < 1.29 is 28.7 Å². The SMILES string of the molecule is COC(=O)N[C@H](C(=O)N1C2CCC(C2)[C@H]1c1nc2ccc(-c3cc4ccc3CCc3ccc(c(-c5ccc6nc([C@@H]7C8CCC(C8)N7C(=O)[C@@H](NC(=O)OC)C(C)C)[nH]c6c5)c3)CC4)cc2[nH]1)C(C)C. The predicted octanol–water partition coefficient (Wildman–Crippen LogP) is 9.52. The molecule has 0 radical (unpaired) electrons. The maximum absolute atomic E-state index is 14.2. The number of ether oxygens (including phenoxy) is 2. The van der Waals surface area contributed by atoms with Crippen LogP contribution in [0.5, 0.6) is 0 Å². The number of nitrogens with zero attached hydrogens (tertiary/aromatic N) is 4. The van der Waals surface area contributed by atoms with Gasteiger partial charge in [-0.25, -0.2) is 19.6 Å². The molecule has 14 rings (SSSR count). The molecule has 4 heterocycles. The summed E-state index contributed by atoms with van der Waals surface area (Å²) in [4.78, 5) is 74.6. The minimum absolute atomic E-state index is 0.0789. The molecule has 8 bridgehead atoms. The van der Waals surface area contributed by atoms with E-state index in [0.717, 1.165) is 109 Å². The fourth-order valence-corrected chi connectivity index (χ4v) is 12.8. The number of methoxy groups -OCH3 is 2. The van der Waals surface area contributed by atoms with Gasteiger partial charge in [-0.2, -0.15) is 0 Å². The van der Waals surface area contributed by atoms with Gasteiger partial charge in [-0.05, 0) is 157 Å². The first kappa shape index (κ1) is 45.7. The topological polar surface area (TPSA) is 175 Å². The van der Waals surface area contributed by atoms with Gasteiger partial charge in [0.1, 0.15) is 23.7 Å². The summed E-state index contributed by atoms with van der Waals surface area (Å²) in [6, 6.07) is 25.4. The smallest absolute Gasteiger partial charge is 0.407 e. The second kappa shape index (κ2) is 18.2. The third kappa shape index (κ3) is 8.16. The lowest BCUT2D eigenvalue weighted by Crippen LogP contribution is -2.54. The summed E-state index contributed by atoms with van der Waals surface area (Å²) >= 11 is 0. The van der Waals surface area contributed by atoms with E-state index >= 15 is 0 Å². The van der Waals surface area contributed by atoms with E-state index in [1.54, 1.807) is 0 Å². The lowest BCUT2D eigenvalue weighted by atomic mass is 9.87. The number of rotatable bonds is 10. The van der Waals surface area contributed by atoms with E-state index in [2.05, 4.69) is 93.4 Å². The molecular formula is C56H64N8O6. The van der Waals surface area contributed by atoms with Gasteiger partial charge in [-0.15, -0.1) is 0 Å². The first-order chi connectivity index (χ1) is 33.8. The molecule has 2 aromatic heterocycles. The standard InChI is InChI=1S/C56H64N8O6/c1-29(2)47(61-55(67)69-5)53(65)63-39-19-15-37(25-39)49(63)51-57-43-21-17-35(27-45(43)59-51)41-23-31-7-11-33(41)13-9-32-8-12-34(14-10-31)42(24-32)36-18-22-44-46(28-36)60-52(58-44)50-38-16-20-40(26-38)64(50)54(66)48(30(3)4)62-56(68)70-6/h7-8,11-12,17-18,21-24,27-30,37-40,47-50H,9-10,13-16,19-20,25-26H2,1-6H3,(H,57,59)(H,58,60)(H,61,67)(H,62,68)/t37?,38?,39?,40?,47-,48-,49-,50-/m0/s1. The summed E-state index contributed by atoms with van der Waals surface area (Å²) in [6.07, 6.45) is 8.16. The van der Waals surface area contributed by atoms with Crippen LogP contribution in [0.4, 0.5) is 9.59 Å². The maximum Gasteiger partial charge on any atom is 0.407 e. The molecule has 2 aliphatic heterocycles. The van der Waals surface area contributed by atoms with Gasteiger partial charge in [0.25, 0.3) is 0 Å². The van der Waals surface area contributed by atoms with Crippen molar-refractivity contribution in [3.05, 3.63) is 107 Å². The summed E-state index contributed by atoms with van der Waals surface area (Å²) < 4.78 is 9.77. The number of H-pyrrole nitrogens is 2. The normalized spacial score (nSPS) is 23.3. The average molecular weight is 945 g/mol. The van der Waals surface area contributed by atoms with Crippen molar-refractivity contribution in [1.82, 2.24) is 40.4 Å². The highest BCUT2D eigenvalue weighted by atomic mass is 16.5. The van der Waals surface area contributed by atoms with E-state index in [4.69, 9.17) is 19.4 Å². The van der Waals surface area contributed by atoms with Crippen molar-refractivity contribution in [2.75, 3.05) is 14.2 Å². The van der Waals surface area contributed by atoms with Gasteiger partial charge in [-0.1, -0.05) is 76.2 Å². The second-order valence-electron chi connectivity index (χ2n) is 21.2. The Bertz CT molecular complexity index is 2830. The first-order valence-corrected chi connectivity index (χ1v) is 25.4. The van der Waals surface area contributed by atoms with Crippen molar-refractivity contribution in [3.8, 4) is 22.3 Å². The Balaban J connectivity index is 0.843. The van der Waals surface area contributed by atoms with Crippen LogP contribution in [0.3, 0.4) is 0 Å². The zero-order valence-electron chi connectivity index (χ0n) is 41.0. The van der Waals surface area contributed by atoms with Crippen molar-refractivity contribution >= 4 is 46.1 Å². The molecular weight excluding hydrogens is 881 g/mol. The molecule has 4 fully saturated rings. The molecule has 0 spiro atoms. The largest absolute Gasteiger partial charge is 0.453 e. The number of aromatic amines is 2. The second-order valence-corrected chi connectivity index (χ2v) is 21.2. The number of hydrogen-bond donors (Lipinski definition) is 4. The quantitative estimate of drug-likeness (QED) is 0.105. The van der Waals surface area contributed by atoms with Crippen molar-refractivity contribution in [2.24, 2.45) is 23.7 Å². The minimum atomic E-state index is -0.686. The molecule has 4 unspecified atom stereocenters. The molecule has 364 valence electrons. The Labute approximate surface area is 408 Å². The summed E-state index contributed by atoms with van der Waals surface area (Å²) in [5.74, 6) is 1.86. The Hall–Kier alpha value is -6.70. The summed E-state index contributed by atoms with van der Waals surface area (Å²) in [6.45, 7) is 7.79. The van der Waals surface area contributed by atoms with Crippen molar-refractivity contribution in [1.29, 1.82) is 0 Å². The van der Waals surface area contributed by atoms with Crippen LogP contribution in [0.25, 0.3) is 44.3 Å². The lowest BCUT2D eigenvalue weighted by molar-refractivity contribution is -0.140. The van der Waals surface area contributed by atoms with Crippen LogP contribution >= 0.6 is 0 Å². The highest BCUT2D eigenvalue weighted by molar-refractivity contribution is 5.89. The predicted molar refractivity (Wildman–Crippen MR) is 268 cm³/mol. The molecule has 70 heavy (non-hydrogen) atoms. The van der Waals surface area contributed by atoms with E-state index in [-0.39, 0.29) is 47.8 Å². The molecule has 4 N–H and O–H groups in total. The number of piperidine rings is 2. The Kier molecular flexibility index (Phi) is 11.9. The minimum Gasteiger partial charge on any atom is -0.453 e. The number of aryl methyl sites for hydroxylation is 4. The lowest BCUT2D eigenvalue weighted by Gasteiger charge is -2.37. The third-order valence-electron chi connectivity index (χ3n) is 16.4. The zero-order valence-corrected chi connectivity index (χ0v) is 41.0. The molecule has 14 heteroatoms. The highest BCUT2D eigenvalue weighted by Gasteiger charge is 2.53. The number of fused-ring (bicyclic) bond motifs is 6. The maximum atomic E-state index is 14.2. The molecule has 4 aromatic carbocycles. The number of likely N-dealkylation sites (tertiary alicyclic amines) is 2. The number of hydrogen-bond acceptors (Lipinski definition) is 8. The average Bonchev–Trinajstić information content (AvgIpc) is 4.24. The Morgan fingerprint density at radius 1 is 0.571 bits per heavy atom. The van der Waals surface area contributed by atoms with Crippen LogP contribution in [0.15, 0.2) is 72.8 Å². The Morgan fingerprint density at radius 2 is 1.00 bits per heavy atom. The Morgan fingerprint density at radius 3 is 1.40 bits per heavy atom. The van der Waals surface area contributed by atoms with Crippen LogP contribution in [0.1, 0.15) is 112 Å². The van der Waals surface area contributed by atoms with Gasteiger partial charge >= 0.3 is 12.2 Å².